The first-order valence-corrected chi connectivity index (χ1v) is 11.5. The van der Waals surface area contributed by atoms with Gasteiger partial charge in [-0.3, -0.25) is 4.79 Å². The van der Waals surface area contributed by atoms with Crippen LogP contribution in [0.2, 0.25) is 0 Å². The summed E-state index contributed by atoms with van der Waals surface area (Å²) in [5.74, 6) is 2.45. The first-order valence-electron chi connectivity index (χ1n) is 11.5. The molecule has 0 aliphatic heterocycles. The first kappa shape index (κ1) is 21.8. The number of carbonyl (C=O) groups is 1. The Bertz CT molecular complexity index is 1380. The Morgan fingerprint density at radius 2 is 1.91 bits per heavy atom. The van der Waals surface area contributed by atoms with Gasteiger partial charge in [0.05, 0.1) is 11.3 Å². The van der Waals surface area contributed by atoms with E-state index in [-0.39, 0.29) is 17.8 Å². The number of amides is 1. The Hall–Kier alpha value is -4.00. The van der Waals surface area contributed by atoms with Crippen LogP contribution in [0.5, 0.6) is 11.6 Å². The van der Waals surface area contributed by atoms with Gasteiger partial charge in [-0.15, -0.1) is 0 Å². The van der Waals surface area contributed by atoms with Crippen molar-refractivity contribution in [1.82, 2.24) is 15.0 Å². The highest BCUT2D eigenvalue weighted by Gasteiger charge is 2.44. The van der Waals surface area contributed by atoms with Crippen molar-refractivity contribution in [2.45, 2.75) is 27.2 Å². The van der Waals surface area contributed by atoms with Crippen molar-refractivity contribution in [3.05, 3.63) is 66.5 Å². The number of hydrogen-bond donors (Lipinski definition) is 2. The molecule has 4 aromatic rings. The van der Waals surface area contributed by atoms with E-state index in [4.69, 9.17) is 10.5 Å². The number of aryl methyl sites for hydroxylation is 1. The van der Waals surface area contributed by atoms with Crippen molar-refractivity contribution in [3.63, 3.8) is 0 Å². The van der Waals surface area contributed by atoms with Gasteiger partial charge >= 0.3 is 0 Å². The van der Waals surface area contributed by atoms with Gasteiger partial charge in [-0.25, -0.2) is 15.0 Å². The highest BCUT2D eigenvalue weighted by atomic mass is 16.5. The molecule has 2 aromatic carbocycles. The van der Waals surface area contributed by atoms with E-state index in [2.05, 4.69) is 34.1 Å². The SMILES string of the molecule is Cc1ccc2c(NC(=O)C3CC3C(C)C)cccc2c1Oc1ncccc1-c1ccnc(N)n1. The third-order valence-corrected chi connectivity index (χ3v) is 6.42. The van der Waals surface area contributed by atoms with Gasteiger partial charge in [0.1, 0.15) is 5.75 Å². The van der Waals surface area contributed by atoms with Gasteiger partial charge in [-0.05, 0) is 55.0 Å². The van der Waals surface area contributed by atoms with Crippen molar-refractivity contribution in [1.29, 1.82) is 0 Å². The normalized spacial score (nSPS) is 17.1. The summed E-state index contributed by atoms with van der Waals surface area (Å²) >= 11 is 0. The van der Waals surface area contributed by atoms with E-state index in [1.807, 2.05) is 49.4 Å². The first-order chi connectivity index (χ1) is 16.4. The molecule has 0 saturated heterocycles. The maximum Gasteiger partial charge on any atom is 0.228 e. The number of nitrogen functional groups attached to an aromatic ring is 1. The number of nitrogens with two attached hydrogens (primary N) is 1. The predicted octanol–water partition coefficient (Wildman–Crippen LogP) is 5.61. The van der Waals surface area contributed by atoms with Gasteiger partial charge in [-0.1, -0.05) is 38.1 Å². The van der Waals surface area contributed by atoms with Crippen LogP contribution in [0.1, 0.15) is 25.8 Å². The van der Waals surface area contributed by atoms with E-state index in [1.165, 1.54) is 0 Å². The average molecular weight is 454 g/mol. The van der Waals surface area contributed by atoms with Crippen molar-refractivity contribution in [2.24, 2.45) is 17.8 Å². The van der Waals surface area contributed by atoms with Crippen LogP contribution in [0, 0.1) is 24.7 Å². The molecule has 34 heavy (non-hydrogen) atoms. The van der Waals surface area contributed by atoms with Gasteiger partial charge < -0.3 is 15.8 Å². The zero-order valence-corrected chi connectivity index (χ0v) is 19.4. The van der Waals surface area contributed by atoms with Crippen molar-refractivity contribution >= 4 is 28.3 Å². The van der Waals surface area contributed by atoms with Crippen LogP contribution in [0.25, 0.3) is 22.0 Å². The average Bonchev–Trinajstić information content (AvgIpc) is 3.63. The highest BCUT2D eigenvalue weighted by Crippen LogP contribution is 2.45. The Balaban J connectivity index is 1.50. The Kier molecular flexibility index (Phi) is 5.61. The van der Waals surface area contributed by atoms with E-state index in [9.17, 15) is 4.79 Å². The minimum absolute atomic E-state index is 0.0857. The lowest BCUT2D eigenvalue weighted by Gasteiger charge is -2.16. The number of hydrogen-bond acceptors (Lipinski definition) is 6. The molecule has 2 atom stereocenters. The highest BCUT2D eigenvalue weighted by molar-refractivity contribution is 6.05. The van der Waals surface area contributed by atoms with Crippen LogP contribution in [0.15, 0.2) is 60.9 Å². The lowest BCUT2D eigenvalue weighted by molar-refractivity contribution is -0.117. The van der Waals surface area contributed by atoms with Gasteiger partial charge in [-0.2, -0.15) is 0 Å². The van der Waals surface area contributed by atoms with Gasteiger partial charge in [0.15, 0.2) is 0 Å². The molecule has 1 saturated carbocycles. The quantitative estimate of drug-likeness (QED) is 0.394. The van der Waals surface area contributed by atoms with E-state index in [0.29, 0.717) is 34.7 Å². The third kappa shape index (κ3) is 4.17. The van der Waals surface area contributed by atoms with Crippen LogP contribution >= 0.6 is 0 Å². The summed E-state index contributed by atoms with van der Waals surface area (Å²) in [5, 5.41) is 4.96. The van der Waals surface area contributed by atoms with Crippen LogP contribution in [-0.2, 0) is 4.79 Å². The molecule has 0 radical (unpaired) electrons. The molecule has 5 rings (SSSR count). The summed E-state index contributed by atoms with van der Waals surface area (Å²) in [7, 11) is 0. The predicted molar refractivity (Wildman–Crippen MR) is 133 cm³/mol. The number of ether oxygens (including phenoxy) is 1. The number of pyridine rings is 1. The minimum atomic E-state index is 0.0857. The van der Waals surface area contributed by atoms with Crippen LogP contribution < -0.4 is 15.8 Å². The molecule has 1 fully saturated rings. The molecule has 2 heterocycles. The van der Waals surface area contributed by atoms with Crippen LogP contribution in [-0.4, -0.2) is 20.9 Å². The molecule has 3 N–H and O–H groups in total. The number of anilines is 2. The van der Waals surface area contributed by atoms with E-state index < -0.39 is 0 Å². The number of rotatable bonds is 6. The van der Waals surface area contributed by atoms with E-state index >= 15 is 0 Å². The largest absolute Gasteiger partial charge is 0.437 e. The molecule has 0 bridgehead atoms. The molecule has 1 aliphatic carbocycles. The van der Waals surface area contributed by atoms with Crippen molar-refractivity contribution < 1.29 is 9.53 Å². The second-order valence-corrected chi connectivity index (χ2v) is 9.11. The van der Waals surface area contributed by atoms with Crippen molar-refractivity contribution in [2.75, 3.05) is 11.1 Å². The van der Waals surface area contributed by atoms with E-state index in [0.717, 1.165) is 28.4 Å². The summed E-state index contributed by atoms with van der Waals surface area (Å²) in [6, 6.07) is 15.3. The Labute approximate surface area is 198 Å². The van der Waals surface area contributed by atoms with E-state index in [1.54, 1.807) is 18.5 Å². The maximum atomic E-state index is 12.8. The van der Waals surface area contributed by atoms with Crippen LogP contribution in [0.3, 0.4) is 0 Å². The second kappa shape index (κ2) is 8.74. The fourth-order valence-electron chi connectivity index (χ4n) is 4.45. The zero-order valence-electron chi connectivity index (χ0n) is 19.4. The number of fused-ring (bicyclic) bond motifs is 1. The van der Waals surface area contributed by atoms with Crippen LogP contribution in [0.4, 0.5) is 11.6 Å². The number of benzene rings is 2. The summed E-state index contributed by atoms with van der Waals surface area (Å²) in [5.41, 5.74) is 8.87. The third-order valence-electron chi connectivity index (χ3n) is 6.42. The van der Waals surface area contributed by atoms with Crippen molar-refractivity contribution in [3.8, 4) is 22.9 Å². The molecule has 1 amide bonds. The number of nitrogens with one attached hydrogen (secondary N) is 1. The molecule has 2 aromatic heterocycles. The second-order valence-electron chi connectivity index (χ2n) is 9.11. The number of carbonyl (C=O) groups excluding carboxylic acids is 1. The number of nitrogens with zero attached hydrogens (tertiary/aromatic N) is 3. The molecule has 0 spiro atoms. The Morgan fingerprint density at radius 3 is 2.68 bits per heavy atom. The topological polar surface area (TPSA) is 103 Å². The number of aromatic nitrogens is 3. The molecule has 7 nitrogen and oxygen atoms in total. The Morgan fingerprint density at radius 1 is 1.06 bits per heavy atom. The molecule has 172 valence electrons. The lowest BCUT2D eigenvalue weighted by atomic mass is 10.0. The van der Waals surface area contributed by atoms with Gasteiger partial charge in [0.25, 0.3) is 0 Å². The standard InChI is InChI=1S/C27H27N5O2/c1-15(2)20-14-21(20)25(33)31-22-8-4-6-18-17(22)10-9-16(3)24(18)34-26-19(7-5-12-29-26)23-11-13-30-27(28)32-23/h4-13,15,20-21H,14H2,1-3H3,(H,31,33)(H2,28,30,32). The van der Waals surface area contributed by atoms with Gasteiger partial charge in [0.2, 0.25) is 17.7 Å². The molecule has 1 aliphatic rings. The maximum absolute atomic E-state index is 12.8. The van der Waals surface area contributed by atoms with Gasteiger partial charge in [0, 0.05) is 34.8 Å². The smallest absolute Gasteiger partial charge is 0.228 e. The summed E-state index contributed by atoms with van der Waals surface area (Å²) in [6.45, 7) is 6.33. The minimum Gasteiger partial charge on any atom is -0.437 e. The fraction of sp³-hybridized carbons (Fsp3) is 0.259. The summed E-state index contributed by atoms with van der Waals surface area (Å²) in [4.78, 5) is 25.6. The molecular weight excluding hydrogens is 426 g/mol. The fourth-order valence-corrected chi connectivity index (χ4v) is 4.45. The monoisotopic (exact) mass is 453 g/mol. The lowest BCUT2D eigenvalue weighted by Crippen LogP contribution is -2.16. The summed E-state index contributed by atoms with van der Waals surface area (Å²) in [6.07, 6.45) is 4.24. The molecular formula is C27H27N5O2. The summed E-state index contributed by atoms with van der Waals surface area (Å²) < 4.78 is 6.39. The zero-order chi connectivity index (χ0) is 23.8. The molecule has 7 heteroatoms. The molecule has 2 unspecified atom stereocenters.